The molecule has 6 nitrogen and oxygen atoms in total. The zero-order valence-electron chi connectivity index (χ0n) is 20.7. The first-order valence-corrected chi connectivity index (χ1v) is 10.8. The van der Waals surface area contributed by atoms with Gasteiger partial charge in [-0.15, -0.1) is 0 Å². The lowest BCUT2D eigenvalue weighted by atomic mass is 9.81. The molecule has 1 fully saturated rings. The van der Waals surface area contributed by atoms with Crippen molar-refractivity contribution in [2.45, 2.75) is 86.2 Å². The summed E-state index contributed by atoms with van der Waals surface area (Å²) in [4.78, 5) is 40.5. The van der Waals surface area contributed by atoms with E-state index in [0.29, 0.717) is 5.56 Å². The van der Waals surface area contributed by atoms with Crippen molar-refractivity contribution in [3.63, 3.8) is 0 Å². The Labute approximate surface area is 186 Å². The highest BCUT2D eigenvalue weighted by atomic mass is 16.2. The maximum atomic E-state index is 13.8. The van der Waals surface area contributed by atoms with E-state index in [1.165, 1.54) is 0 Å². The van der Waals surface area contributed by atoms with Gasteiger partial charge in [0.05, 0.1) is 5.41 Å². The van der Waals surface area contributed by atoms with Gasteiger partial charge in [-0.2, -0.15) is 0 Å². The predicted octanol–water partition coefficient (Wildman–Crippen LogP) is 3.62. The molecule has 0 aromatic heterocycles. The topological polar surface area (TPSA) is 106 Å². The molecular formula is C25H39N3O3. The normalized spacial score (nSPS) is 19.9. The van der Waals surface area contributed by atoms with Crippen LogP contribution in [-0.2, 0) is 15.0 Å². The molecule has 31 heavy (non-hydrogen) atoms. The summed E-state index contributed by atoms with van der Waals surface area (Å²) in [5.41, 5.74) is 10.00. The van der Waals surface area contributed by atoms with Gasteiger partial charge in [0.1, 0.15) is 6.04 Å². The van der Waals surface area contributed by atoms with Crippen LogP contribution in [0, 0.1) is 16.2 Å². The molecule has 1 aromatic rings. The molecule has 1 saturated carbocycles. The van der Waals surface area contributed by atoms with Crippen molar-refractivity contribution in [3.8, 4) is 0 Å². The minimum Gasteiger partial charge on any atom is -0.369 e. The molecule has 0 bridgehead atoms. The Morgan fingerprint density at radius 2 is 1.39 bits per heavy atom. The van der Waals surface area contributed by atoms with Crippen molar-refractivity contribution >= 4 is 17.7 Å². The lowest BCUT2D eigenvalue weighted by Crippen LogP contribution is -2.61. The second-order valence-corrected chi connectivity index (χ2v) is 12.0. The molecule has 1 atom stereocenters. The summed E-state index contributed by atoms with van der Waals surface area (Å²) < 4.78 is 0. The van der Waals surface area contributed by atoms with Crippen LogP contribution in [0.3, 0.4) is 0 Å². The summed E-state index contributed by atoms with van der Waals surface area (Å²) in [6.07, 6.45) is 0. The molecule has 6 heteroatoms. The van der Waals surface area contributed by atoms with Gasteiger partial charge in [-0.05, 0) is 54.7 Å². The number of hydrogen-bond donors (Lipinski definition) is 2. The van der Waals surface area contributed by atoms with Gasteiger partial charge in [0.2, 0.25) is 11.8 Å². The van der Waals surface area contributed by atoms with Gasteiger partial charge in [-0.1, -0.05) is 60.6 Å². The molecule has 0 radical (unpaired) electrons. The van der Waals surface area contributed by atoms with Crippen molar-refractivity contribution in [2.24, 2.45) is 27.7 Å². The van der Waals surface area contributed by atoms with Gasteiger partial charge in [0.25, 0.3) is 5.91 Å². The van der Waals surface area contributed by atoms with E-state index in [0.717, 1.165) is 5.56 Å². The van der Waals surface area contributed by atoms with E-state index in [1.807, 2.05) is 75.3 Å². The molecule has 2 rings (SSSR count). The molecule has 0 aliphatic heterocycles. The number of amides is 3. The number of rotatable bonds is 5. The van der Waals surface area contributed by atoms with Crippen LogP contribution >= 0.6 is 0 Å². The van der Waals surface area contributed by atoms with Crippen molar-refractivity contribution in [1.29, 1.82) is 0 Å². The fraction of sp³-hybridized carbons (Fsp3) is 0.640. The number of hydrogen-bond acceptors (Lipinski definition) is 3. The summed E-state index contributed by atoms with van der Waals surface area (Å²) in [6.45, 7) is 19.4. The Morgan fingerprint density at radius 1 is 0.903 bits per heavy atom. The molecule has 1 aliphatic carbocycles. The number of nitrogens with two attached hydrogens (primary N) is 2. The van der Waals surface area contributed by atoms with E-state index in [2.05, 4.69) is 0 Å². The number of nitrogens with zero attached hydrogens (tertiary/aromatic N) is 1. The maximum absolute atomic E-state index is 13.8. The average Bonchev–Trinajstić information content (AvgIpc) is 2.94. The van der Waals surface area contributed by atoms with E-state index >= 15 is 0 Å². The van der Waals surface area contributed by atoms with E-state index in [9.17, 15) is 14.4 Å². The summed E-state index contributed by atoms with van der Waals surface area (Å²) in [5.74, 6) is -1.25. The van der Waals surface area contributed by atoms with Gasteiger partial charge in [-0.3, -0.25) is 14.4 Å². The third-order valence-corrected chi connectivity index (χ3v) is 7.58. The highest BCUT2D eigenvalue weighted by Crippen LogP contribution is 2.77. The van der Waals surface area contributed by atoms with Crippen LogP contribution in [-0.4, -0.2) is 34.2 Å². The zero-order valence-corrected chi connectivity index (χ0v) is 20.7. The molecule has 1 aliphatic rings. The van der Waals surface area contributed by atoms with Crippen molar-refractivity contribution in [2.75, 3.05) is 0 Å². The van der Waals surface area contributed by atoms with E-state index < -0.39 is 34.2 Å². The largest absolute Gasteiger partial charge is 0.369 e. The van der Waals surface area contributed by atoms with E-state index in [-0.39, 0.29) is 16.7 Å². The first kappa shape index (κ1) is 24.9. The maximum Gasteiger partial charge on any atom is 0.254 e. The minimum atomic E-state index is -0.879. The molecule has 0 saturated heterocycles. The van der Waals surface area contributed by atoms with Gasteiger partial charge < -0.3 is 16.4 Å². The van der Waals surface area contributed by atoms with Crippen LogP contribution in [0.15, 0.2) is 24.3 Å². The molecule has 0 unspecified atom stereocenters. The van der Waals surface area contributed by atoms with E-state index in [4.69, 9.17) is 11.5 Å². The Hall–Kier alpha value is -2.37. The second kappa shape index (κ2) is 7.07. The quantitative estimate of drug-likeness (QED) is 0.746. The molecule has 172 valence electrons. The molecule has 1 aromatic carbocycles. The van der Waals surface area contributed by atoms with Crippen molar-refractivity contribution < 1.29 is 14.4 Å². The van der Waals surface area contributed by atoms with Crippen LogP contribution in [0.25, 0.3) is 0 Å². The molecule has 4 N–H and O–H groups in total. The fourth-order valence-corrected chi connectivity index (χ4v) is 5.57. The standard InChI is InChI=1S/C25H39N3O3/c1-21(2,3)17(18(26)29)28(22(4,5)6)19(30)15-12-11-13-16(14-15)25(20(27)31)23(7,8)24(25,9)10/h11-14,17H,1-10H3,(H2,26,29)(H2,27,31)/t17-/m0/s1. The fourth-order valence-electron chi connectivity index (χ4n) is 5.57. The van der Waals surface area contributed by atoms with Crippen LogP contribution in [0.4, 0.5) is 0 Å². The Bertz CT molecular complexity index is 903. The third kappa shape index (κ3) is 3.44. The number of carbonyl (C=O) groups is 3. The highest BCUT2D eigenvalue weighted by Gasteiger charge is 2.81. The first-order chi connectivity index (χ1) is 13.8. The van der Waals surface area contributed by atoms with E-state index in [1.54, 1.807) is 23.1 Å². The lowest BCUT2D eigenvalue weighted by Gasteiger charge is -2.45. The number of primary amides is 2. The smallest absolute Gasteiger partial charge is 0.254 e. The van der Waals surface area contributed by atoms with Crippen LogP contribution < -0.4 is 11.5 Å². The van der Waals surface area contributed by atoms with Gasteiger partial charge in [-0.25, -0.2) is 0 Å². The summed E-state index contributed by atoms with van der Waals surface area (Å²) in [6, 6.07) is 6.29. The van der Waals surface area contributed by atoms with Gasteiger partial charge >= 0.3 is 0 Å². The number of carbonyl (C=O) groups excluding carboxylic acids is 3. The van der Waals surface area contributed by atoms with Crippen LogP contribution in [0.2, 0.25) is 0 Å². The minimum absolute atomic E-state index is 0.302. The highest BCUT2D eigenvalue weighted by molar-refractivity contribution is 5.99. The lowest BCUT2D eigenvalue weighted by molar-refractivity contribution is -0.128. The summed E-state index contributed by atoms with van der Waals surface area (Å²) >= 11 is 0. The average molecular weight is 430 g/mol. The Morgan fingerprint density at radius 3 is 1.71 bits per heavy atom. The molecular weight excluding hydrogens is 390 g/mol. The summed E-state index contributed by atoms with van der Waals surface area (Å²) in [7, 11) is 0. The Kier molecular flexibility index (Phi) is 5.68. The molecule has 3 amide bonds. The van der Waals surface area contributed by atoms with Crippen molar-refractivity contribution in [3.05, 3.63) is 35.4 Å². The van der Waals surface area contributed by atoms with Crippen LogP contribution in [0.1, 0.15) is 85.2 Å². The van der Waals surface area contributed by atoms with Gasteiger partial charge in [0.15, 0.2) is 0 Å². The SMILES string of the molecule is CC(C)(C)[C@H](C(N)=O)N(C(=O)c1cccc(C2(C(N)=O)C(C)(C)C2(C)C)c1)C(C)(C)C. The summed E-state index contributed by atoms with van der Waals surface area (Å²) in [5, 5.41) is 0. The molecule has 0 spiro atoms. The van der Waals surface area contributed by atoms with Crippen LogP contribution in [0.5, 0.6) is 0 Å². The molecule has 0 heterocycles. The van der Waals surface area contributed by atoms with Gasteiger partial charge in [0, 0.05) is 11.1 Å². The Balaban J connectivity index is 2.66. The monoisotopic (exact) mass is 429 g/mol. The zero-order chi connectivity index (χ0) is 24.4. The first-order valence-electron chi connectivity index (χ1n) is 10.8. The van der Waals surface area contributed by atoms with Crippen molar-refractivity contribution in [1.82, 2.24) is 4.90 Å². The third-order valence-electron chi connectivity index (χ3n) is 7.58. The number of benzene rings is 1. The second-order valence-electron chi connectivity index (χ2n) is 12.0. The predicted molar refractivity (Wildman–Crippen MR) is 123 cm³/mol.